The largest absolute Gasteiger partial charge is 0.490 e. The molecule has 0 unspecified atom stereocenters. The first kappa shape index (κ1) is 12.7. The lowest BCUT2D eigenvalue weighted by Crippen LogP contribution is -1.98. The summed E-state index contributed by atoms with van der Waals surface area (Å²) < 4.78 is 10.8. The van der Waals surface area contributed by atoms with Gasteiger partial charge in [-0.2, -0.15) is 0 Å². The highest BCUT2D eigenvalue weighted by Crippen LogP contribution is 2.30. The van der Waals surface area contributed by atoms with Gasteiger partial charge in [0, 0.05) is 18.0 Å². The third-order valence-electron chi connectivity index (χ3n) is 1.92. The van der Waals surface area contributed by atoms with Crippen LogP contribution in [0.3, 0.4) is 0 Å². The fourth-order valence-electron chi connectivity index (χ4n) is 1.11. The SMILES string of the molecule is CC#COc1cc(Cl)ccc1OCCCC. The zero-order chi connectivity index (χ0) is 11.8. The van der Waals surface area contributed by atoms with E-state index >= 15 is 0 Å². The van der Waals surface area contributed by atoms with E-state index in [4.69, 9.17) is 21.1 Å². The van der Waals surface area contributed by atoms with Gasteiger partial charge in [-0.1, -0.05) is 30.9 Å². The summed E-state index contributed by atoms with van der Waals surface area (Å²) in [7, 11) is 0. The number of hydrogen-bond donors (Lipinski definition) is 0. The maximum atomic E-state index is 5.87. The lowest BCUT2D eigenvalue weighted by atomic mass is 10.3. The molecule has 0 atom stereocenters. The first-order chi connectivity index (χ1) is 7.77. The maximum Gasteiger partial charge on any atom is 0.183 e. The topological polar surface area (TPSA) is 18.5 Å². The Labute approximate surface area is 102 Å². The van der Waals surface area contributed by atoms with Crippen LogP contribution in [-0.4, -0.2) is 6.61 Å². The fraction of sp³-hybridized carbons (Fsp3) is 0.385. The molecule has 86 valence electrons. The molecule has 16 heavy (non-hydrogen) atoms. The van der Waals surface area contributed by atoms with E-state index in [1.807, 2.05) is 0 Å². The van der Waals surface area contributed by atoms with Crippen molar-refractivity contribution >= 4 is 11.6 Å². The summed E-state index contributed by atoms with van der Waals surface area (Å²) in [4.78, 5) is 0. The number of unbranched alkanes of at least 4 members (excludes halogenated alkanes) is 1. The highest BCUT2D eigenvalue weighted by molar-refractivity contribution is 6.30. The van der Waals surface area contributed by atoms with Gasteiger partial charge in [-0.15, -0.1) is 0 Å². The molecule has 0 aliphatic carbocycles. The monoisotopic (exact) mass is 238 g/mol. The molecule has 0 saturated heterocycles. The van der Waals surface area contributed by atoms with Crippen molar-refractivity contribution in [1.29, 1.82) is 0 Å². The summed E-state index contributed by atoms with van der Waals surface area (Å²) >= 11 is 5.87. The number of ether oxygens (including phenoxy) is 2. The smallest absolute Gasteiger partial charge is 0.183 e. The van der Waals surface area contributed by atoms with Gasteiger partial charge in [0.1, 0.15) is 6.11 Å². The molecule has 0 heterocycles. The molecule has 0 aromatic heterocycles. The first-order valence-corrected chi connectivity index (χ1v) is 5.66. The Kier molecular flexibility index (Phi) is 5.60. The lowest BCUT2D eigenvalue weighted by molar-refractivity contribution is 0.297. The number of benzene rings is 1. The van der Waals surface area contributed by atoms with Crippen LogP contribution in [0.2, 0.25) is 5.02 Å². The van der Waals surface area contributed by atoms with Crippen molar-refractivity contribution in [3.05, 3.63) is 23.2 Å². The maximum absolute atomic E-state index is 5.87. The summed E-state index contributed by atoms with van der Waals surface area (Å²) in [6, 6.07) is 5.27. The molecule has 0 saturated carbocycles. The number of rotatable bonds is 5. The highest BCUT2D eigenvalue weighted by atomic mass is 35.5. The van der Waals surface area contributed by atoms with Crippen LogP contribution in [0.5, 0.6) is 11.5 Å². The zero-order valence-corrected chi connectivity index (χ0v) is 10.3. The van der Waals surface area contributed by atoms with Gasteiger partial charge in [0.25, 0.3) is 0 Å². The minimum atomic E-state index is 0.568. The summed E-state index contributed by atoms with van der Waals surface area (Å²) in [5.41, 5.74) is 0. The molecule has 0 aliphatic rings. The second kappa shape index (κ2) is 7.03. The summed E-state index contributed by atoms with van der Waals surface area (Å²) in [6.45, 7) is 4.50. The van der Waals surface area contributed by atoms with Crippen molar-refractivity contribution in [2.24, 2.45) is 0 Å². The van der Waals surface area contributed by atoms with E-state index in [0.717, 1.165) is 12.8 Å². The molecule has 1 aromatic rings. The Hall–Kier alpha value is -1.33. The molecule has 0 spiro atoms. The van der Waals surface area contributed by atoms with Crippen molar-refractivity contribution in [2.75, 3.05) is 6.61 Å². The van der Waals surface area contributed by atoms with Gasteiger partial charge in [0.15, 0.2) is 11.5 Å². The van der Waals surface area contributed by atoms with Crippen molar-refractivity contribution in [3.63, 3.8) is 0 Å². The van der Waals surface area contributed by atoms with Gasteiger partial charge in [0.05, 0.1) is 6.61 Å². The molecule has 3 heteroatoms. The average Bonchev–Trinajstić information content (AvgIpc) is 2.29. The van der Waals surface area contributed by atoms with Crippen LogP contribution in [0.4, 0.5) is 0 Å². The minimum absolute atomic E-state index is 0.568. The summed E-state index contributed by atoms with van der Waals surface area (Å²) in [5, 5.41) is 0.607. The number of halogens is 1. The molecule has 2 nitrogen and oxygen atoms in total. The molecule has 1 aromatic carbocycles. The Morgan fingerprint density at radius 2 is 2.12 bits per heavy atom. The van der Waals surface area contributed by atoms with E-state index < -0.39 is 0 Å². The van der Waals surface area contributed by atoms with Gasteiger partial charge in [-0.05, 0) is 18.6 Å². The van der Waals surface area contributed by atoms with E-state index in [2.05, 4.69) is 19.0 Å². The van der Waals surface area contributed by atoms with Crippen LogP contribution in [-0.2, 0) is 0 Å². The van der Waals surface area contributed by atoms with Crippen molar-refractivity contribution in [2.45, 2.75) is 26.7 Å². The molecular formula is C13H15ClO2. The van der Waals surface area contributed by atoms with Crippen LogP contribution in [0.25, 0.3) is 0 Å². The van der Waals surface area contributed by atoms with E-state index in [9.17, 15) is 0 Å². The standard InChI is InChI=1S/C13H15ClO2/c1-3-5-9-16-12-7-6-11(14)10-13(12)15-8-4-2/h6-7,10H,3,5,9H2,1-2H3. The first-order valence-electron chi connectivity index (χ1n) is 5.29. The molecule has 0 fully saturated rings. The second-order valence-electron chi connectivity index (χ2n) is 3.25. The van der Waals surface area contributed by atoms with Crippen molar-refractivity contribution in [1.82, 2.24) is 0 Å². The van der Waals surface area contributed by atoms with Gasteiger partial charge in [-0.25, -0.2) is 0 Å². The average molecular weight is 239 g/mol. The molecule has 1 rings (SSSR count). The van der Waals surface area contributed by atoms with Crippen LogP contribution in [0.15, 0.2) is 18.2 Å². The Morgan fingerprint density at radius 3 is 2.81 bits per heavy atom. The van der Waals surface area contributed by atoms with E-state index in [1.54, 1.807) is 25.1 Å². The fourth-order valence-corrected chi connectivity index (χ4v) is 1.28. The van der Waals surface area contributed by atoms with Crippen LogP contribution in [0, 0.1) is 12.0 Å². The third-order valence-corrected chi connectivity index (χ3v) is 2.16. The molecule has 0 amide bonds. The molecule has 0 aliphatic heterocycles. The predicted octanol–water partition coefficient (Wildman–Crippen LogP) is 3.88. The molecule has 0 N–H and O–H groups in total. The Morgan fingerprint density at radius 1 is 1.31 bits per heavy atom. The third kappa shape index (κ3) is 4.04. The van der Waals surface area contributed by atoms with Crippen molar-refractivity contribution < 1.29 is 9.47 Å². The molecular weight excluding hydrogens is 224 g/mol. The van der Waals surface area contributed by atoms with Gasteiger partial charge in [0.2, 0.25) is 0 Å². The zero-order valence-electron chi connectivity index (χ0n) is 9.55. The summed E-state index contributed by atoms with van der Waals surface area (Å²) in [6.07, 6.45) is 4.65. The van der Waals surface area contributed by atoms with E-state index in [1.165, 1.54) is 0 Å². The van der Waals surface area contributed by atoms with Gasteiger partial charge >= 0.3 is 0 Å². The lowest BCUT2D eigenvalue weighted by Gasteiger charge is -2.09. The Balaban J connectivity index is 2.75. The minimum Gasteiger partial charge on any atom is -0.490 e. The normalized spacial score (nSPS) is 9.19. The van der Waals surface area contributed by atoms with Gasteiger partial charge < -0.3 is 9.47 Å². The second-order valence-corrected chi connectivity index (χ2v) is 3.68. The quantitative estimate of drug-likeness (QED) is 0.573. The highest BCUT2D eigenvalue weighted by Gasteiger charge is 2.05. The predicted molar refractivity (Wildman–Crippen MR) is 65.9 cm³/mol. The molecule has 0 radical (unpaired) electrons. The van der Waals surface area contributed by atoms with Crippen molar-refractivity contribution in [3.8, 4) is 23.5 Å². The Bertz CT molecular complexity index is 391. The summed E-state index contributed by atoms with van der Waals surface area (Å²) in [5.74, 6) is 3.91. The van der Waals surface area contributed by atoms with E-state index in [-0.39, 0.29) is 0 Å². The van der Waals surface area contributed by atoms with Crippen LogP contribution >= 0.6 is 11.6 Å². The molecule has 0 bridgehead atoms. The number of hydrogen-bond acceptors (Lipinski definition) is 2. The van der Waals surface area contributed by atoms with Gasteiger partial charge in [-0.3, -0.25) is 0 Å². The van der Waals surface area contributed by atoms with Crippen LogP contribution in [0.1, 0.15) is 26.7 Å². The van der Waals surface area contributed by atoms with Crippen LogP contribution < -0.4 is 9.47 Å². The van der Waals surface area contributed by atoms with E-state index in [0.29, 0.717) is 23.1 Å².